The van der Waals surface area contributed by atoms with E-state index >= 15 is 0 Å². The largest absolute Gasteiger partial charge is 0.457 e. The Balaban J connectivity index is 1.94. The topological polar surface area (TPSA) is 9.23 Å². The van der Waals surface area contributed by atoms with Crippen LogP contribution in [0.2, 0.25) is 0 Å². The van der Waals surface area contributed by atoms with Gasteiger partial charge in [0.2, 0.25) is 0 Å². The number of ether oxygens (including phenoxy) is 1. The average Bonchev–Trinajstić information content (AvgIpc) is 2.39. The predicted octanol–water partition coefficient (Wildman–Crippen LogP) is 4.44. The van der Waals surface area contributed by atoms with Crippen molar-refractivity contribution in [1.82, 2.24) is 0 Å². The molecule has 0 N–H and O–H groups in total. The Morgan fingerprint density at radius 2 is 1.78 bits per heavy atom. The maximum absolute atomic E-state index is 5.89. The molecule has 0 aliphatic carbocycles. The van der Waals surface area contributed by atoms with Gasteiger partial charge in [-0.25, -0.2) is 0 Å². The highest BCUT2D eigenvalue weighted by atomic mass is 16.5. The molecule has 0 aromatic heterocycles. The van der Waals surface area contributed by atoms with Crippen LogP contribution < -0.4 is 4.74 Å². The number of benzene rings is 2. The number of aryl methyl sites for hydroxylation is 1. The van der Waals surface area contributed by atoms with Crippen LogP contribution in [0.15, 0.2) is 60.4 Å². The van der Waals surface area contributed by atoms with Crippen LogP contribution in [0.4, 0.5) is 0 Å². The van der Waals surface area contributed by atoms with Crippen molar-refractivity contribution in [3.05, 3.63) is 77.1 Å². The molecule has 0 fully saturated rings. The fourth-order valence-electron chi connectivity index (χ4n) is 1.99. The van der Waals surface area contributed by atoms with Crippen molar-refractivity contribution in [1.29, 1.82) is 0 Å². The summed E-state index contributed by atoms with van der Waals surface area (Å²) in [5.41, 5.74) is 3.49. The van der Waals surface area contributed by atoms with Crippen LogP contribution in [-0.4, -0.2) is 0 Å². The smallest absolute Gasteiger partial charge is 0.134 e. The Hall–Kier alpha value is -2.28. The molecule has 0 saturated carbocycles. The zero-order valence-corrected chi connectivity index (χ0v) is 10.3. The minimum atomic E-state index is 0.874. The van der Waals surface area contributed by atoms with E-state index in [0.717, 1.165) is 22.6 Å². The Morgan fingerprint density at radius 1 is 0.944 bits per heavy atom. The highest BCUT2D eigenvalue weighted by molar-refractivity contribution is 5.67. The second kappa shape index (κ2) is 4.53. The summed E-state index contributed by atoms with van der Waals surface area (Å²) < 4.78 is 5.89. The highest BCUT2D eigenvalue weighted by Gasteiger charge is 2.08. The van der Waals surface area contributed by atoms with E-state index in [1.807, 2.05) is 30.4 Å². The van der Waals surface area contributed by atoms with Crippen molar-refractivity contribution in [3.63, 3.8) is 0 Å². The molecular weight excluding hydrogens is 220 g/mol. The Labute approximate surface area is 107 Å². The first-order valence-electron chi connectivity index (χ1n) is 6.04. The molecule has 88 valence electrons. The zero-order chi connectivity index (χ0) is 12.4. The van der Waals surface area contributed by atoms with E-state index in [-0.39, 0.29) is 0 Å². The van der Waals surface area contributed by atoms with Crippen molar-refractivity contribution < 1.29 is 4.74 Å². The van der Waals surface area contributed by atoms with E-state index in [9.17, 15) is 0 Å². The number of fused-ring (bicyclic) bond motifs is 1. The van der Waals surface area contributed by atoms with Crippen molar-refractivity contribution in [2.75, 3.05) is 0 Å². The van der Waals surface area contributed by atoms with E-state index in [1.54, 1.807) is 0 Å². The third-order valence-corrected chi connectivity index (χ3v) is 2.93. The molecule has 1 heteroatoms. The van der Waals surface area contributed by atoms with E-state index < -0.39 is 0 Å². The summed E-state index contributed by atoms with van der Waals surface area (Å²) in [7, 11) is 0. The third-order valence-electron chi connectivity index (χ3n) is 2.93. The summed E-state index contributed by atoms with van der Waals surface area (Å²) in [4.78, 5) is 0. The lowest BCUT2D eigenvalue weighted by atomic mass is 10.1. The van der Waals surface area contributed by atoms with Gasteiger partial charge in [-0.1, -0.05) is 42.5 Å². The van der Waals surface area contributed by atoms with E-state index in [4.69, 9.17) is 4.74 Å². The SMILES string of the molecule is Cc1ccc2c(c1)OC(=Cc1ccccc1)C=C2. The van der Waals surface area contributed by atoms with Gasteiger partial charge in [-0.2, -0.15) is 0 Å². The molecule has 0 unspecified atom stereocenters. The first kappa shape index (κ1) is 10.8. The quantitative estimate of drug-likeness (QED) is 0.708. The molecule has 1 aliphatic heterocycles. The van der Waals surface area contributed by atoms with Crippen LogP contribution in [-0.2, 0) is 0 Å². The van der Waals surface area contributed by atoms with E-state index in [2.05, 4.69) is 43.3 Å². The van der Waals surface area contributed by atoms with Gasteiger partial charge in [0.1, 0.15) is 11.5 Å². The summed E-state index contributed by atoms with van der Waals surface area (Å²) >= 11 is 0. The van der Waals surface area contributed by atoms with Crippen LogP contribution in [0.5, 0.6) is 5.75 Å². The van der Waals surface area contributed by atoms with Crippen LogP contribution in [0, 0.1) is 6.92 Å². The molecule has 1 nitrogen and oxygen atoms in total. The van der Waals surface area contributed by atoms with Crippen molar-refractivity contribution >= 4 is 12.2 Å². The number of rotatable bonds is 1. The summed E-state index contributed by atoms with van der Waals surface area (Å²) in [5.74, 6) is 1.80. The Kier molecular flexibility index (Phi) is 2.73. The molecule has 0 radical (unpaired) electrons. The van der Waals surface area contributed by atoms with Gasteiger partial charge in [0.25, 0.3) is 0 Å². The van der Waals surface area contributed by atoms with Crippen LogP contribution in [0.1, 0.15) is 16.7 Å². The van der Waals surface area contributed by atoms with E-state index in [1.165, 1.54) is 5.56 Å². The van der Waals surface area contributed by atoms with Gasteiger partial charge >= 0.3 is 0 Å². The van der Waals surface area contributed by atoms with Crippen molar-refractivity contribution in [2.45, 2.75) is 6.92 Å². The molecule has 3 rings (SSSR count). The number of hydrogen-bond donors (Lipinski definition) is 0. The molecule has 0 spiro atoms. The first-order valence-corrected chi connectivity index (χ1v) is 6.04. The van der Waals surface area contributed by atoms with Gasteiger partial charge in [-0.3, -0.25) is 0 Å². The normalized spacial score (nSPS) is 15.3. The maximum atomic E-state index is 5.89. The molecule has 0 bridgehead atoms. The molecule has 1 heterocycles. The fraction of sp³-hybridized carbons (Fsp3) is 0.0588. The number of allylic oxidation sites excluding steroid dienone is 1. The highest BCUT2D eigenvalue weighted by Crippen LogP contribution is 2.29. The second-order valence-electron chi connectivity index (χ2n) is 4.43. The fourth-order valence-corrected chi connectivity index (χ4v) is 1.99. The molecule has 18 heavy (non-hydrogen) atoms. The van der Waals surface area contributed by atoms with Crippen molar-refractivity contribution in [2.24, 2.45) is 0 Å². The molecule has 2 aromatic carbocycles. The summed E-state index contributed by atoms with van der Waals surface area (Å²) in [6.45, 7) is 2.07. The zero-order valence-electron chi connectivity index (χ0n) is 10.3. The van der Waals surface area contributed by atoms with Gasteiger partial charge in [-0.05, 0) is 42.3 Å². The summed E-state index contributed by atoms with van der Waals surface area (Å²) in [6, 6.07) is 16.4. The van der Waals surface area contributed by atoms with Crippen molar-refractivity contribution in [3.8, 4) is 5.75 Å². The van der Waals surface area contributed by atoms with Gasteiger partial charge in [0, 0.05) is 5.56 Å². The summed E-state index contributed by atoms with van der Waals surface area (Å²) in [6.07, 6.45) is 6.14. The molecular formula is C17H14O. The van der Waals surface area contributed by atoms with E-state index in [0.29, 0.717) is 0 Å². The van der Waals surface area contributed by atoms with Gasteiger partial charge in [0.15, 0.2) is 0 Å². The lowest BCUT2D eigenvalue weighted by molar-refractivity contribution is 0.444. The third kappa shape index (κ3) is 2.21. The monoisotopic (exact) mass is 234 g/mol. The standard InChI is InChI=1S/C17H14O/c1-13-7-8-15-9-10-16(18-17(15)11-13)12-14-5-3-2-4-6-14/h2-12H,1H3. The Morgan fingerprint density at radius 3 is 2.61 bits per heavy atom. The van der Waals surface area contributed by atoms with Crippen LogP contribution in [0.3, 0.4) is 0 Å². The molecule has 2 aromatic rings. The lowest BCUT2D eigenvalue weighted by Gasteiger charge is -2.15. The number of hydrogen-bond acceptors (Lipinski definition) is 1. The molecule has 0 atom stereocenters. The predicted molar refractivity (Wildman–Crippen MR) is 75.3 cm³/mol. The second-order valence-corrected chi connectivity index (χ2v) is 4.43. The average molecular weight is 234 g/mol. The summed E-state index contributed by atoms with van der Waals surface area (Å²) in [5, 5.41) is 0. The van der Waals surface area contributed by atoms with Gasteiger partial charge < -0.3 is 4.74 Å². The minimum Gasteiger partial charge on any atom is -0.457 e. The van der Waals surface area contributed by atoms with Gasteiger partial charge in [0.05, 0.1) is 0 Å². The van der Waals surface area contributed by atoms with Crippen LogP contribution in [0.25, 0.3) is 12.2 Å². The van der Waals surface area contributed by atoms with Gasteiger partial charge in [-0.15, -0.1) is 0 Å². The maximum Gasteiger partial charge on any atom is 0.134 e. The van der Waals surface area contributed by atoms with Crippen LogP contribution >= 0.6 is 0 Å². The minimum absolute atomic E-state index is 0.874. The molecule has 0 saturated heterocycles. The first-order chi connectivity index (χ1) is 8.81. The lowest BCUT2D eigenvalue weighted by Crippen LogP contribution is -1.99. The molecule has 0 amide bonds. The molecule has 1 aliphatic rings. The Bertz CT molecular complexity index is 621.